The van der Waals surface area contributed by atoms with E-state index in [-0.39, 0.29) is 28.0 Å². The second-order valence-corrected chi connectivity index (χ2v) is 20.2. The maximum absolute atomic E-state index is 9.06. The first kappa shape index (κ1) is 27.8. The van der Waals surface area contributed by atoms with Crippen molar-refractivity contribution in [3.63, 3.8) is 0 Å². The van der Waals surface area contributed by atoms with Crippen molar-refractivity contribution >= 4 is 66.4 Å². The summed E-state index contributed by atoms with van der Waals surface area (Å²) in [5, 5.41) is 3.93. The van der Waals surface area contributed by atoms with Crippen LogP contribution in [0.3, 0.4) is 0 Å². The number of imidazole rings is 1. The first-order chi connectivity index (χ1) is 29.2. The molecule has 3 heterocycles. The number of fused-ring (bicyclic) bond motifs is 7. The van der Waals surface area contributed by atoms with Gasteiger partial charge in [-0.05, 0) is 61.6 Å². The Balaban J connectivity index is 1.31. The van der Waals surface area contributed by atoms with E-state index in [0.29, 0.717) is 0 Å². The van der Waals surface area contributed by atoms with Gasteiger partial charge in [-0.15, -0.1) is 0 Å². The van der Waals surface area contributed by atoms with Gasteiger partial charge in [0.15, 0.2) is 13.0 Å². The van der Waals surface area contributed by atoms with E-state index in [1.807, 2.05) is 54.6 Å². The van der Waals surface area contributed by atoms with E-state index < -0.39 is 27.2 Å². The predicted molar refractivity (Wildman–Crippen MR) is 234 cm³/mol. The van der Waals surface area contributed by atoms with Gasteiger partial charge in [-0.2, -0.15) is 0 Å². The first-order valence-electron chi connectivity index (χ1n) is 21.6. The number of thiazole rings is 1. The second-order valence-electron chi connectivity index (χ2n) is 15.5. The first-order valence-corrected chi connectivity index (χ1v) is 21.5. The number of nitrogens with zero attached hydrogens (tertiary/aromatic N) is 2. The summed E-state index contributed by atoms with van der Waals surface area (Å²) in [5.41, 5.74) is 4.12. The van der Waals surface area contributed by atoms with Crippen LogP contribution < -0.4 is 25.5 Å². The average molecular weight is 753 g/mol. The molecule has 0 aliphatic carbocycles. The third-order valence-electron chi connectivity index (χ3n) is 11.2. The highest BCUT2D eigenvalue weighted by Crippen LogP contribution is 2.48. The fourth-order valence-corrected chi connectivity index (χ4v) is 14.8. The van der Waals surface area contributed by atoms with Crippen molar-refractivity contribution < 1.29 is 13.0 Å². The number of hydrogen-bond donors (Lipinski definition) is 0. The molecular formula is C50H42N2OSSi. The van der Waals surface area contributed by atoms with Crippen LogP contribution in [0.4, 0.5) is 0 Å². The van der Waals surface area contributed by atoms with E-state index in [2.05, 4.69) is 104 Å². The predicted octanol–water partition coefficient (Wildman–Crippen LogP) is 10.5. The van der Waals surface area contributed by atoms with Gasteiger partial charge in [0.25, 0.3) is 0 Å². The summed E-state index contributed by atoms with van der Waals surface area (Å²) in [6, 6.07) is 54.5. The molecule has 9 aromatic rings. The number of para-hydroxylation sites is 4. The molecule has 0 saturated heterocycles. The van der Waals surface area contributed by atoms with Crippen LogP contribution in [-0.4, -0.2) is 17.5 Å². The van der Waals surface area contributed by atoms with Crippen LogP contribution in [0.5, 0.6) is 11.5 Å². The highest BCUT2D eigenvalue weighted by Gasteiger charge is 2.47. The smallest absolute Gasteiger partial charge is 0.195 e. The van der Waals surface area contributed by atoms with Crippen molar-refractivity contribution in [1.29, 1.82) is 0 Å². The summed E-state index contributed by atoms with van der Waals surface area (Å²) in [6.07, 6.45) is 0. The van der Waals surface area contributed by atoms with Crippen LogP contribution >= 0.6 is 11.3 Å². The van der Waals surface area contributed by atoms with Crippen molar-refractivity contribution in [2.24, 2.45) is 0 Å². The minimum atomic E-state index is -3.52. The van der Waals surface area contributed by atoms with Crippen LogP contribution in [0.25, 0.3) is 37.3 Å². The Hall–Kier alpha value is -5.75. The highest BCUT2D eigenvalue weighted by atomic mass is 32.1. The molecule has 0 unspecified atom stereocenters. The van der Waals surface area contributed by atoms with Crippen molar-refractivity contribution in [3.05, 3.63) is 180 Å². The molecule has 0 atom stereocenters. The maximum Gasteiger partial charge on any atom is 0.195 e. The molecule has 55 heavy (non-hydrogen) atoms. The van der Waals surface area contributed by atoms with E-state index >= 15 is 0 Å². The molecule has 1 aliphatic rings. The Bertz CT molecular complexity index is 3090. The third-order valence-corrected chi connectivity index (χ3v) is 17.1. The number of benzene rings is 7. The molecule has 0 bridgehead atoms. The van der Waals surface area contributed by atoms with Crippen LogP contribution in [0.2, 0.25) is 0 Å². The zero-order valence-corrected chi connectivity index (χ0v) is 32.6. The minimum Gasteiger partial charge on any atom is -0.457 e. The zero-order valence-electron chi connectivity index (χ0n) is 36.8. The van der Waals surface area contributed by atoms with Crippen LogP contribution in [0.1, 0.15) is 59.4 Å². The van der Waals surface area contributed by atoms with E-state index in [1.54, 1.807) is 41.7 Å². The quantitative estimate of drug-likeness (QED) is 0.129. The molecule has 0 fully saturated rings. The van der Waals surface area contributed by atoms with Gasteiger partial charge in [0.1, 0.15) is 11.5 Å². The maximum atomic E-state index is 9.06. The van der Waals surface area contributed by atoms with E-state index in [9.17, 15) is 0 Å². The Kier molecular flexibility index (Phi) is 6.25. The second kappa shape index (κ2) is 12.4. The molecule has 10 rings (SSSR count). The van der Waals surface area contributed by atoms with Gasteiger partial charge >= 0.3 is 0 Å². The monoisotopic (exact) mass is 752 g/mol. The normalized spacial score (nSPS) is 15.9. The fraction of sp³-hybridized carbons (Fsp3) is 0.140. The third kappa shape index (κ3) is 5.03. The van der Waals surface area contributed by atoms with Gasteiger partial charge in [0, 0.05) is 30.3 Å². The topological polar surface area (TPSA) is 26.5 Å². The summed E-state index contributed by atoms with van der Waals surface area (Å²) in [7, 11) is -3.52. The average Bonchev–Trinajstić information content (AvgIpc) is 3.79. The van der Waals surface area contributed by atoms with Crippen molar-refractivity contribution in [2.45, 2.75) is 45.3 Å². The zero-order chi connectivity index (χ0) is 42.5. The SMILES string of the molecule is [2H]C([2H])([2H])C1(C([2H])([2H])[2H])c2ccccc2Oc2c1cccc2[Si](c1ccccc1)(c1ccccc1)c1ccc(-c2cccc3c2sc2nc4ccccc4n23)c(C(C)(C)C)c1. The molecule has 0 amide bonds. The lowest BCUT2D eigenvalue weighted by atomic mass is 9.76. The Morgan fingerprint density at radius 1 is 0.636 bits per heavy atom. The minimum absolute atomic E-state index is 0.133. The number of hydrogen-bond acceptors (Lipinski definition) is 3. The Morgan fingerprint density at radius 3 is 2.04 bits per heavy atom. The molecule has 0 N–H and O–H groups in total. The highest BCUT2D eigenvalue weighted by molar-refractivity contribution is 7.24. The van der Waals surface area contributed by atoms with Gasteiger partial charge in [-0.3, -0.25) is 4.40 Å². The molecule has 2 aromatic heterocycles. The molecule has 268 valence electrons. The van der Waals surface area contributed by atoms with Gasteiger partial charge in [-0.1, -0.05) is 185 Å². The summed E-state index contributed by atoms with van der Waals surface area (Å²) < 4.78 is 64.7. The van der Waals surface area contributed by atoms with Crippen molar-refractivity contribution in [2.75, 3.05) is 0 Å². The van der Waals surface area contributed by atoms with E-state index in [4.69, 9.17) is 17.9 Å². The lowest BCUT2D eigenvalue weighted by molar-refractivity contribution is 0.421. The molecule has 0 radical (unpaired) electrons. The standard InChI is InChI=1S/C50H42N2OSSi/c1-49(2,3)40-32-35(30-31-36(40)37-22-16-27-43-47(37)54-48-51-41-25-13-14-26-42(41)52(43)48)55(33-18-8-6-9-19-33,34-20-10-7-11-21-34)45-29-17-24-39-46(45)53-44-28-15-12-23-38(44)50(39,4)5/h6-32H,1-5H3/i4D3,5D3. The van der Waals surface area contributed by atoms with E-state index in [1.165, 1.54) is 0 Å². The fourth-order valence-electron chi connectivity index (χ4n) is 8.75. The van der Waals surface area contributed by atoms with E-state index in [0.717, 1.165) is 63.6 Å². The summed E-state index contributed by atoms with van der Waals surface area (Å²) in [6.45, 7) is 0.790. The molecule has 0 spiro atoms. The molecule has 3 nitrogen and oxygen atoms in total. The Labute approximate surface area is 336 Å². The number of ether oxygens (including phenoxy) is 1. The van der Waals surface area contributed by atoms with Gasteiger partial charge < -0.3 is 4.74 Å². The lowest BCUT2D eigenvalue weighted by Crippen LogP contribution is -2.75. The van der Waals surface area contributed by atoms with Gasteiger partial charge in [-0.25, -0.2) is 4.98 Å². The molecule has 5 heteroatoms. The van der Waals surface area contributed by atoms with Crippen LogP contribution in [0.15, 0.2) is 164 Å². The largest absolute Gasteiger partial charge is 0.457 e. The molecular weight excluding hydrogens is 705 g/mol. The van der Waals surface area contributed by atoms with Crippen molar-refractivity contribution in [3.8, 4) is 22.6 Å². The van der Waals surface area contributed by atoms with Gasteiger partial charge in [0.05, 0.1) is 21.3 Å². The molecule has 0 saturated carbocycles. The molecule has 7 aromatic carbocycles. The summed E-state index contributed by atoms with van der Waals surface area (Å²) >= 11 is 1.69. The Morgan fingerprint density at radius 2 is 1.29 bits per heavy atom. The summed E-state index contributed by atoms with van der Waals surface area (Å²) in [4.78, 5) is 5.94. The van der Waals surface area contributed by atoms with Gasteiger partial charge in [0.2, 0.25) is 0 Å². The van der Waals surface area contributed by atoms with Crippen LogP contribution in [-0.2, 0) is 10.8 Å². The number of rotatable bonds is 5. The van der Waals surface area contributed by atoms with Crippen LogP contribution in [0, 0.1) is 0 Å². The molecule has 1 aliphatic heterocycles. The lowest BCUT2D eigenvalue weighted by Gasteiger charge is -2.41. The number of aromatic nitrogens is 2. The van der Waals surface area contributed by atoms with Crippen molar-refractivity contribution in [1.82, 2.24) is 9.38 Å². The summed E-state index contributed by atoms with van der Waals surface area (Å²) in [5.74, 6) is 0.515.